The molecule has 150 valence electrons. The van der Waals surface area contributed by atoms with Crippen LogP contribution in [0.3, 0.4) is 0 Å². The van der Waals surface area contributed by atoms with Gasteiger partial charge in [-0.15, -0.1) is 0 Å². The summed E-state index contributed by atoms with van der Waals surface area (Å²) in [5.74, 6) is 1.67. The van der Waals surface area contributed by atoms with Crippen LogP contribution in [0.25, 0.3) is 0 Å². The number of rotatable bonds is 8. The Morgan fingerprint density at radius 1 is 1.00 bits per heavy atom. The number of ether oxygens (including phenoxy) is 2. The fourth-order valence-electron chi connectivity index (χ4n) is 2.76. The molecular weight excluding hydrogens is 382 g/mol. The van der Waals surface area contributed by atoms with Crippen LogP contribution < -0.4 is 20.1 Å². The van der Waals surface area contributed by atoms with Gasteiger partial charge in [0.1, 0.15) is 18.1 Å². The summed E-state index contributed by atoms with van der Waals surface area (Å²) in [5, 5.41) is 7.16. The van der Waals surface area contributed by atoms with Crippen molar-refractivity contribution in [1.82, 2.24) is 15.6 Å². The van der Waals surface area contributed by atoms with E-state index in [1.165, 1.54) is 0 Å². The van der Waals surface area contributed by atoms with E-state index in [0.717, 1.165) is 28.2 Å². The van der Waals surface area contributed by atoms with Crippen LogP contribution in [-0.2, 0) is 13.2 Å². The highest BCUT2D eigenvalue weighted by Crippen LogP contribution is 2.18. The lowest BCUT2D eigenvalue weighted by Crippen LogP contribution is -2.36. The van der Waals surface area contributed by atoms with Crippen LogP contribution in [0.15, 0.2) is 73.1 Å². The van der Waals surface area contributed by atoms with E-state index in [1.54, 1.807) is 19.5 Å². The average molecular weight is 408 g/mol. The van der Waals surface area contributed by atoms with E-state index in [9.17, 15) is 0 Å². The highest BCUT2D eigenvalue weighted by molar-refractivity contribution is 7.80. The topological polar surface area (TPSA) is 55.4 Å². The largest absolute Gasteiger partial charge is 0.497 e. The van der Waals surface area contributed by atoms with Gasteiger partial charge < -0.3 is 20.1 Å². The molecule has 0 saturated heterocycles. The molecule has 0 spiro atoms. The third-order valence-corrected chi connectivity index (χ3v) is 4.73. The molecule has 0 fully saturated rings. The second-order valence-corrected chi connectivity index (χ2v) is 7.02. The van der Waals surface area contributed by atoms with Crippen LogP contribution in [-0.4, -0.2) is 17.2 Å². The van der Waals surface area contributed by atoms with E-state index < -0.39 is 0 Å². The van der Waals surface area contributed by atoms with Crippen molar-refractivity contribution in [3.05, 3.63) is 89.7 Å². The van der Waals surface area contributed by atoms with Gasteiger partial charge in [0.25, 0.3) is 0 Å². The van der Waals surface area contributed by atoms with Crippen molar-refractivity contribution >= 4 is 17.3 Å². The molecule has 0 aliphatic heterocycles. The third kappa shape index (κ3) is 6.47. The lowest BCUT2D eigenvalue weighted by molar-refractivity contribution is 0.305. The molecule has 0 saturated carbocycles. The maximum atomic E-state index is 5.80. The van der Waals surface area contributed by atoms with Crippen molar-refractivity contribution < 1.29 is 9.47 Å². The third-order valence-electron chi connectivity index (χ3n) is 4.47. The lowest BCUT2D eigenvalue weighted by Gasteiger charge is -2.18. The number of methoxy groups -OCH3 is 1. The van der Waals surface area contributed by atoms with Crippen molar-refractivity contribution in [3.8, 4) is 11.5 Å². The first-order valence-electron chi connectivity index (χ1n) is 9.43. The Labute approximate surface area is 177 Å². The van der Waals surface area contributed by atoms with Crippen molar-refractivity contribution in [2.75, 3.05) is 7.11 Å². The molecule has 1 atom stereocenters. The molecule has 29 heavy (non-hydrogen) atoms. The van der Waals surface area contributed by atoms with Crippen LogP contribution in [0, 0.1) is 0 Å². The number of benzene rings is 2. The maximum absolute atomic E-state index is 5.80. The fourth-order valence-corrected chi connectivity index (χ4v) is 3.01. The number of hydrogen-bond acceptors (Lipinski definition) is 4. The Hall–Kier alpha value is -3.12. The normalized spacial score (nSPS) is 11.4. The fraction of sp³-hybridized carbons (Fsp3) is 0.217. The first-order chi connectivity index (χ1) is 14.1. The molecule has 0 bridgehead atoms. The maximum Gasteiger partial charge on any atom is 0.167 e. The number of nitrogens with one attached hydrogen (secondary N) is 2. The molecule has 2 aromatic carbocycles. The molecule has 0 radical (unpaired) electrons. The molecule has 0 amide bonds. The van der Waals surface area contributed by atoms with E-state index in [1.807, 2.05) is 60.7 Å². The zero-order chi connectivity index (χ0) is 20.5. The Morgan fingerprint density at radius 3 is 2.38 bits per heavy atom. The SMILES string of the molecule is COc1ccc(CNC(=S)NC(C)c2ccc(OCc3cccnc3)cc2)cc1. The van der Waals surface area contributed by atoms with E-state index in [2.05, 4.69) is 22.5 Å². The van der Waals surface area contributed by atoms with Crippen molar-refractivity contribution in [1.29, 1.82) is 0 Å². The molecule has 6 heteroatoms. The minimum absolute atomic E-state index is 0.0817. The standard InChI is InChI=1S/C23H25N3O2S/c1-17(26-23(29)25-15-18-5-9-21(27-2)10-6-18)20-7-11-22(12-8-20)28-16-19-4-3-13-24-14-19/h3-14,17H,15-16H2,1-2H3,(H2,25,26,29). The molecule has 2 N–H and O–H groups in total. The second kappa shape index (κ2) is 10.4. The van der Waals surface area contributed by atoms with Gasteiger partial charge in [0, 0.05) is 24.5 Å². The number of nitrogens with zero attached hydrogens (tertiary/aromatic N) is 1. The van der Waals surface area contributed by atoms with Crippen LogP contribution in [0.4, 0.5) is 0 Å². The highest BCUT2D eigenvalue weighted by atomic mass is 32.1. The predicted molar refractivity (Wildman–Crippen MR) is 119 cm³/mol. The molecular formula is C23H25N3O2S. The van der Waals surface area contributed by atoms with Crippen molar-refractivity contribution in [2.45, 2.75) is 26.1 Å². The van der Waals surface area contributed by atoms with Gasteiger partial charge in [0.2, 0.25) is 0 Å². The monoisotopic (exact) mass is 407 g/mol. The zero-order valence-electron chi connectivity index (χ0n) is 16.6. The Morgan fingerprint density at radius 2 is 1.72 bits per heavy atom. The van der Waals surface area contributed by atoms with Gasteiger partial charge in [-0.2, -0.15) is 0 Å². The van der Waals surface area contributed by atoms with E-state index in [-0.39, 0.29) is 6.04 Å². The Balaban J connectivity index is 1.45. The number of hydrogen-bond donors (Lipinski definition) is 2. The Bertz CT molecular complexity index is 900. The van der Waals surface area contributed by atoms with Crippen LogP contribution in [0.5, 0.6) is 11.5 Å². The Kier molecular flexibility index (Phi) is 7.41. The van der Waals surface area contributed by atoms with Gasteiger partial charge in [0.15, 0.2) is 5.11 Å². The van der Waals surface area contributed by atoms with E-state index in [4.69, 9.17) is 21.7 Å². The van der Waals surface area contributed by atoms with Crippen LogP contribution >= 0.6 is 12.2 Å². The average Bonchev–Trinajstić information content (AvgIpc) is 2.77. The van der Waals surface area contributed by atoms with Gasteiger partial charge in [-0.05, 0) is 60.6 Å². The first kappa shape index (κ1) is 20.6. The van der Waals surface area contributed by atoms with E-state index >= 15 is 0 Å². The smallest absolute Gasteiger partial charge is 0.167 e. The van der Waals surface area contributed by atoms with Gasteiger partial charge in [-0.3, -0.25) is 4.98 Å². The lowest BCUT2D eigenvalue weighted by atomic mass is 10.1. The summed E-state index contributed by atoms with van der Waals surface area (Å²) in [7, 11) is 1.66. The molecule has 3 aromatic rings. The molecule has 3 rings (SSSR count). The van der Waals surface area contributed by atoms with Crippen molar-refractivity contribution in [2.24, 2.45) is 0 Å². The summed E-state index contributed by atoms with van der Waals surface area (Å²) in [4.78, 5) is 4.09. The minimum atomic E-state index is 0.0817. The number of pyridine rings is 1. The molecule has 1 aromatic heterocycles. The molecule has 5 nitrogen and oxygen atoms in total. The molecule has 1 heterocycles. The van der Waals surface area contributed by atoms with Crippen molar-refractivity contribution in [3.63, 3.8) is 0 Å². The quantitative estimate of drug-likeness (QED) is 0.540. The summed E-state index contributed by atoms with van der Waals surface area (Å²) in [6, 6.07) is 19.9. The molecule has 1 unspecified atom stereocenters. The van der Waals surface area contributed by atoms with Gasteiger partial charge in [-0.25, -0.2) is 0 Å². The molecule has 0 aliphatic carbocycles. The predicted octanol–water partition coefficient (Wildman–Crippen LogP) is 4.39. The van der Waals surface area contributed by atoms with Crippen LogP contribution in [0.1, 0.15) is 29.7 Å². The summed E-state index contributed by atoms with van der Waals surface area (Å²) in [6.07, 6.45) is 3.56. The highest BCUT2D eigenvalue weighted by Gasteiger charge is 2.07. The van der Waals surface area contributed by atoms with Gasteiger partial charge in [0.05, 0.1) is 13.2 Å². The molecule has 0 aliphatic rings. The summed E-state index contributed by atoms with van der Waals surface area (Å²) >= 11 is 5.42. The first-order valence-corrected chi connectivity index (χ1v) is 9.84. The zero-order valence-corrected chi connectivity index (χ0v) is 17.4. The summed E-state index contributed by atoms with van der Waals surface area (Å²) < 4.78 is 11.0. The second-order valence-electron chi connectivity index (χ2n) is 6.62. The van der Waals surface area contributed by atoms with E-state index in [0.29, 0.717) is 18.3 Å². The summed E-state index contributed by atoms with van der Waals surface area (Å²) in [5.41, 5.74) is 3.31. The summed E-state index contributed by atoms with van der Waals surface area (Å²) in [6.45, 7) is 3.23. The number of aromatic nitrogens is 1. The van der Waals surface area contributed by atoms with Gasteiger partial charge >= 0.3 is 0 Å². The van der Waals surface area contributed by atoms with Crippen LogP contribution in [0.2, 0.25) is 0 Å². The van der Waals surface area contributed by atoms with Gasteiger partial charge in [-0.1, -0.05) is 30.3 Å². The minimum Gasteiger partial charge on any atom is -0.497 e. The number of thiocarbonyl (C=S) groups is 1.